The molecule has 2 unspecified atom stereocenters. The maximum absolute atomic E-state index is 13.8. The lowest BCUT2D eigenvalue weighted by Crippen LogP contribution is -2.48. The largest absolute Gasteiger partial charge is 0.467 e. The van der Waals surface area contributed by atoms with E-state index in [0.717, 1.165) is 35.9 Å². The van der Waals surface area contributed by atoms with Gasteiger partial charge in [-0.25, -0.2) is 4.39 Å². The molecule has 2 heterocycles. The van der Waals surface area contributed by atoms with E-state index in [2.05, 4.69) is 29.1 Å². The lowest BCUT2D eigenvalue weighted by molar-refractivity contribution is -0.0172. The maximum Gasteiger partial charge on any atom is 0.193 e. The van der Waals surface area contributed by atoms with Crippen LogP contribution < -0.4 is 10.1 Å². The number of benzene rings is 1. The van der Waals surface area contributed by atoms with Gasteiger partial charge in [0, 0.05) is 32.2 Å². The van der Waals surface area contributed by atoms with Gasteiger partial charge in [-0.2, -0.15) is 0 Å². The molecular formula is C19H29FIN3O2. The minimum atomic E-state index is -0.245. The fourth-order valence-electron chi connectivity index (χ4n) is 3.92. The van der Waals surface area contributed by atoms with Gasteiger partial charge >= 0.3 is 0 Å². The number of fused-ring (bicyclic) bond motifs is 1. The predicted molar refractivity (Wildman–Crippen MR) is 112 cm³/mol. The van der Waals surface area contributed by atoms with Crippen LogP contribution in [0, 0.1) is 17.7 Å². The van der Waals surface area contributed by atoms with E-state index in [1.54, 1.807) is 6.07 Å². The van der Waals surface area contributed by atoms with Gasteiger partial charge in [-0.05, 0) is 42.4 Å². The molecule has 0 aromatic heterocycles. The molecule has 0 aliphatic carbocycles. The van der Waals surface area contributed by atoms with Gasteiger partial charge in [0.05, 0.1) is 6.61 Å². The summed E-state index contributed by atoms with van der Waals surface area (Å²) in [5, 5.41) is 3.42. The first-order chi connectivity index (χ1) is 12.1. The summed E-state index contributed by atoms with van der Waals surface area (Å²) in [4.78, 5) is 6.75. The van der Waals surface area contributed by atoms with Crippen LogP contribution in [-0.4, -0.2) is 44.3 Å². The molecule has 5 nitrogen and oxygen atoms in total. The average Bonchev–Trinajstić information content (AvgIpc) is 2.57. The van der Waals surface area contributed by atoms with Gasteiger partial charge in [-0.1, -0.05) is 13.8 Å². The van der Waals surface area contributed by atoms with Gasteiger partial charge in [0.25, 0.3) is 0 Å². The summed E-state index contributed by atoms with van der Waals surface area (Å²) in [7, 11) is 1.82. The van der Waals surface area contributed by atoms with E-state index < -0.39 is 0 Å². The Morgan fingerprint density at radius 2 is 2.04 bits per heavy atom. The van der Waals surface area contributed by atoms with E-state index >= 15 is 0 Å². The highest BCUT2D eigenvalue weighted by atomic mass is 127. The second-order valence-corrected chi connectivity index (χ2v) is 7.24. The third-order valence-corrected chi connectivity index (χ3v) is 4.81. The summed E-state index contributed by atoms with van der Waals surface area (Å²) in [5.74, 6) is 2.79. The highest BCUT2D eigenvalue weighted by Gasteiger charge is 2.24. The first-order valence-corrected chi connectivity index (χ1v) is 9.04. The van der Waals surface area contributed by atoms with Crippen molar-refractivity contribution in [2.24, 2.45) is 16.8 Å². The SMILES string of the molecule is CN=C(NCCc1cc(F)cc2c1OCOC2)N1CC(C)CC(C)C1.I. The normalized spacial score (nSPS) is 22.9. The van der Waals surface area contributed by atoms with E-state index in [1.165, 1.54) is 12.5 Å². The van der Waals surface area contributed by atoms with Crippen LogP contribution in [0.4, 0.5) is 4.39 Å². The van der Waals surface area contributed by atoms with E-state index in [0.29, 0.717) is 31.4 Å². The molecule has 2 aliphatic rings. The topological polar surface area (TPSA) is 46.1 Å². The van der Waals surface area contributed by atoms with Crippen molar-refractivity contribution < 1.29 is 13.9 Å². The fraction of sp³-hybridized carbons (Fsp3) is 0.632. The Kier molecular flexibility index (Phi) is 7.94. The number of hydrogen-bond donors (Lipinski definition) is 1. The van der Waals surface area contributed by atoms with Crippen LogP contribution in [0.15, 0.2) is 17.1 Å². The molecule has 0 amide bonds. The Balaban J connectivity index is 0.00000243. The number of likely N-dealkylation sites (tertiary alicyclic amines) is 1. The molecule has 1 N–H and O–H groups in total. The Morgan fingerprint density at radius 3 is 2.73 bits per heavy atom. The lowest BCUT2D eigenvalue weighted by Gasteiger charge is -2.37. The Labute approximate surface area is 172 Å². The van der Waals surface area contributed by atoms with Crippen LogP contribution in [0.25, 0.3) is 0 Å². The smallest absolute Gasteiger partial charge is 0.193 e. The number of rotatable bonds is 3. The molecule has 1 fully saturated rings. The van der Waals surface area contributed by atoms with Crippen LogP contribution in [0.2, 0.25) is 0 Å². The lowest BCUT2D eigenvalue weighted by atomic mass is 9.92. The Bertz CT molecular complexity index is 631. The van der Waals surface area contributed by atoms with Crippen LogP contribution in [0.1, 0.15) is 31.4 Å². The molecule has 0 saturated carbocycles. The standard InChI is InChI=1S/C19H28FN3O2.HI/c1-13-6-14(2)10-23(9-13)19(21-3)22-5-4-15-7-17(20)8-16-11-24-12-25-18(15)16;/h7-8,13-14H,4-6,9-12H2,1-3H3,(H,21,22);1H. The van der Waals surface area contributed by atoms with E-state index in [4.69, 9.17) is 9.47 Å². The maximum atomic E-state index is 13.8. The second-order valence-electron chi connectivity index (χ2n) is 7.24. The summed E-state index contributed by atoms with van der Waals surface area (Å²) in [6.45, 7) is 7.94. The number of piperidine rings is 1. The van der Waals surface area contributed by atoms with Crippen LogP contribution in [0.5, 0.6) is 5.75 Å². The first-order valence-electron chi connectivity index (χ1n) is 9.04. The van der Waals surface area contributed by atoms with Gasteiger partial charge in [-0.15, -0.1) is 24.0 Å². The number of nitrogens with one attached hydrogen (secondary N) is 1. The van der Waals surface area contributed by atoms with Crippen molar-refractivity contribution >= 4 is 29.9 Å². The zero-order valence-corrected chi connectivity index (χ0v) is 18.1. The molecule has 7 heteroatoms. The van der Waals surface area contributed by atoms with Gasteiger partial charge < -0.3 is 19.7 Å². The van der Waals surface area contributed by atoms with Crippen molar-refractivity contribution in [3.8, 4) is 5.75 Å². The molecule has 1 aromatic rings. The number of aliphatic imine (C=N–C) groups is 1. The summed E-state index contributed by atoms with van der Waals surface area (Å²) in [5.41, 5.74) is 1.66. The van der Waals surface area contributed by atoms with Gasteiger partial charge in [0.2, 0.25) is 0 Å². The van der Waals surface area contributed by atoms with Gasteiger partial charge in [-0.3, -0.25) is 4.99 Å². The second kappa shape index (κ2) is 9.73. The zero-order chi connectivity index (χ0) is 17.8. The molecule has 3 rings (SSSR count). The quantitative estimate of drug-likeness (QED) is 0.412. The Hall–Kier alpha value is -1.09. The molecule has 2 aliphatic heterocycles. The van der Waals surface area contributed by atoms with Crippen LogP contribution in [-0.2, 0) is 17.8 Å². The molecule has 26 heavy (non-hydrogen) atoms. The molecule has 1 saturated heterocycles. The molecule has 2 atom stereocenters. The van der Waals surface area contributed by atoms with Crippen molar-refractivity contribution in [3.63, 3.8) is 0 Å². The fourth-order valence-corrected chi connectivity index (χ4v) is 3.92. The summed E-state index contributed by atoms with van der Waals surface area (Å²) in [6.07, 6.45) is 1.94. The minimum absolute atomic E-state index is 0. The molecule has 146 valence electrons. The number of nitrogens with zero attached hydrogens (tertiary/aromatic N) is 2. The highest BCUT2D eigenvalue weighted by molar-refractivity contribution is 14.0. The zero-order valence-electron chi connectivity index (χ0n) is 15.8. The van der Waals surface area contributed by atoms with Gasteiger partial charge in [0.15, 0.2) is 12.8 Å². The van der Waals surface area contributed by atoms with Crippen molar-refractivity contribution in [1.82, 2.24) is 10.2 Å². The highest BCUT2D eigenvalue weighted by Crippen LogP contribution is 2.29. The van der Waals surface area contributed by atoms with Crippen LogP contribution in [0.3, 0.4) is 0 Å². The molecule has 0 radical (unpaired) electrons. The number of hydrogen-bond acceptors (Lipinski definition) is 3. The summed E-state index contributed by atoms with van der Waals surface area (Å²) in [6, 6.07) is 3.04. The summed E-state index contributed by atoms with van der Waals surface area (Å²) >= 11 is 0. The first kappa shape index (κ1) is 21.2. The number of halogens is 2. The van der Waals surface area contributed by atoms with Crippen molar-refractivity contribution in [1.29, 1.82) is 0 Å². The van der Waals surface area contributed by atoms with Crippen molar-refractivity contribution in [3.05, 3.63) is 29.1 Å². The molecule has 0 bridgehead atoms. The van der Waals surface area contributed by atoms with Crippen molar-refractivity contribution in [2.45, 2.75) is 33.3 Å². The molecular weight excluding hydrogens is 448 g/mol. The van der Waals surface area contributed by atoms with Crippen molar-refractivity contribution in [2.75, 3.05) is 33.5 Å². The third-order valence-electron chi connectivity index (χ3n) is 4.81. The molecule has 0 spiro atoms. The number of ether oxygens (including phenoxy) is 2. The Morgan fingerprint density at radius 1 is 1.31 bits per heavy atom. The van der Waals surface area contributed by atoms with E-state index in [9.17, 15) is 4.39 Å². The van der Waals surface area contributed by atoms with Gasteiger partial charge in [0.1, 0.15) is 11.6 Å². The third kappa shape index (κ3) is 5.22. The predicted octanol–water partition coefficient (Wildman–Crippen LogP) is 3.41. The average molecular weight is 477 g/mol. The van der Waals surface area contributed by atoms with E-state index in [-0.39, 0.29) is 36.6 Å². The monoisotopic (exact) mass is 477 g/mol. The molecule has 1 aromatic carbocycles. The summed E-state index contributed by atoms with van der Waals surface area (Å²) < 4.78 is 24.6. The number of guanidine groups is 1. The minimum Gasteiger partial charge on any atom is -0.467 e. The van der Waals surface area contributed by atoms with E-state index in [1.807, 2.05) is 7.05 Å². The van der Waals surface area contributed by atoms with Crippen LogP contribution >= 0.6 is 24.0 Å².